The summed E-state index contributed by atoms with van der Waals surface area (Å²) in [5, 5.41) is 4.10. The van der Waals surface area contributed by atoms with Crippen LogP contribution < -0.4 is 5.32 Å². The predicted molar refractivity (Wildman–Crippen MR) is 91.0 cm³/mol. The summed E-state index contributed by atoms with van der Waals surface area (Å²) in [6, 6.07) is 10.8. The van der Waals surface area contributed by atoms with Crippen LogP contribution in [0.25, 0.3) is 0 Å². The van der Waals surface area contributed by atoms with E-state index in [1.165, 1.54) is 11.8 Å². The van der Waals surface area contributed by atoms with Gasteiger partial charge in [0.25, 0.3) is 0 Å². The zero-order valence-corrected chi connectivity index (χ0v) is 13.6. The Morgan fingerprint density at radius 1 is 1.23 bits per heavy atom. The van der Waals surface area contributed by atoms with Gasteiger partial charge in [0.2, 0.25) is 5.91 Å². The number of benzene rings is 1. The fourth-order valence-corrected chi connectivity index (χ4v) is 3.33. The van der Waals surface area contributed by atoms with Crippen molar-refractivity contribution in [3.63, 3.8) is 0 Å². The highest BCUT2D eigenvalue weighted by molar-refractivity contribution is 8.15. The van der Waals surface area contributed by atoms with Crippen molar-refractivity contribution in [3.8, 4) is 0 Å². The monoisotopic (exact) mass is 351 g/mol. The molecule has 0 bridgehead atoms. The van der Waals surface area contributed by atoms with Gasteiger partial charge in [-0.25, -0.2) is 9.98 Å². The lowest BCUT2D eigenvalue weighted by Gasteiger charge is -2.06. The van der Waals surface area contributed by atoms with Crippen molar-refractivity contribution in [2.24, 2.45) is 4.99 Å². The molecule has 0 radical (unpaired) electrons. The number of rotatable bonds is 3. The van der Waals surface area contributed by atoms with Gasteiger partial charge < -0.3 is 5.32 Å². The maximum atomic E-state index is 12.0. The van der Waals surface area contributed by atoms with Crippen LogP contribution in [-0.2, 0) is 11.2 Å². The van der Waals surface area contributed by atoms with Crippen molar-refractivity contribution in [1.82, 2.24) is 10.3 Å². The molecule has 0 saturated carbocycles. The van der Waals surface area contributed by atoms with Gasteiger partial charge in [-0.3, -0.25) is 4.79 Å². The molecule has 1 aliphatic rings. The molecule has 2 aromatic rings. The second-order valence-corrected chi connectivity index (χ2v) is 6.66. The topological polar surface area (TPSA) is 54.4 Å². The molecule has 1 aromatic carbocycles. The van der Waals surface area contributed by atoms with E-state index in [9.17, 15) is 4.79 Å². The highest BCUT2D eigenvalue weighted by Gasteiger charge is 2.30. The Hall–Kier alpha value is -1.56. The van der Waals surface area contributed by atoms with Crippen LogP contribution in [0.5, 0.6) is 0 Å². The Balaban J connectivity index is 1.72. The van der Waals surface area contributed by atoms with Crippen LogP contribution in [0.1, 0.15) is 5.56 Å². The highest BCUT2D eigenvalue weighted by atomic mass is 35.5. The third kappa shape index (κ3) is 3.61. The lowest BCUT2D eigenvalue weighted by molar-refractivity contribution is -0.118. The number of pyridine rings is 1. The fraction of sp³-hybridized carbons (Fsp3) is 0.133. The number of nitrogens with zero attached hydrogens (tertiary/aromatic N) is 2. The van der Waals surface area contributed by atoms with Gasteiger partial charge in [-0.1, -0.05) is 47.1 Å². The first-order valence-electron chi connectivity index (χ1n) is 6.53. The molecule has 4 nitrogen and oxygen atoms in total. The van der Waals surface area contributed by atoms with Gasteiger partial charge in [-0.2, -0.15) is 0 Å². The fourth-order valence-electron chi connectivity index (χ4n) is 2.00. The molecule has 0 spiro atoms. The van der Waals surface area contributed by atoms with Crippen LogP contribution in [0.4, 0.5) is 5.82 Å². The van der Waals surface area contributed by atoms with E-state index in [1.807, 2.05) is 18.2 Å². The third-order valence-corrected chi connectivity index (χ3v) is 4.87. The molecule has 3 rings (SSSR count). The molecule has 112 valence electrons. The van der Waals surface area contributed by atoms with Gasteiger partial charge in [-0.15, -0.1) is 0 Å². The van der Waals surface area contributed by atoms with Gasteiger partial charge in [0, 0.05) is 6.20 Å². The minimum Gasteiger partial charge on any atom is -0.304 e. The van der Waals surface area contributed by atoms with Gasteiger partial charge in [0.05, 0.1) is 15.3 Å². The molecular weight excluding hydrogens is 341 g/mol. The minimum atomic E-state index is -0.236. The number of aliphatic imine (C=N–C) groups is 1. The van der Waals surface area contributed by atoms with Crippen LogP contribution in [0.15, 0.2) is 47.6 Å². The van der Waals surface area contributed by atoms with Gasteiger partial charge in [-0.05, 0) is 36.2 Å². The summed E-state index contributed by atoms with van der Waals surface area (Å²) >= 11 is 13.3. The molecular formula is C15H11Cl2N3OS. The molecule has 22 heavy (non-hydrogen) atoms. The number of amides is 1. The Kier molecular flexibility index (Phi) is 4.66. The van der Waals surface area contributed by atoms with E-state index in [2.05, 4.69) is 15.3 Å². The quantitative estimate of drug-likeness (QED) is 0.913. The van der Waals surface area contributed by atoms with Gasteiger partial charge >= 0.3 is 0 Å². The maximum Gasteiger partial charge on any atom is 0.239 e. The van der Waals surface area contributed by atoms with E-state index >= 15 is 0 Å². The number of aromatic nitrogens is 1. The van der Waals surface area contributed by atoms with E-state index in [0.29, 0.717) is 27.5 Å². The molecule has 1 saturated heterocycles. The van der Waals surface area contributed by atoms with E-state index in [4.69, 9.17) is 23.2 Å². The second-order valence-electron chi connectivity index (χ2n) is 4.65. The van der Waals surface area contributed by atoms with E-state index in [0.717, 1.165) is 5.56 Å². The van der Waals surface area contributed by atoms with E-state index in [-0.39, 0.29) is 11.2 Å². The number of halogens is 2. The molecule has 0 aliphatic carbocycles. The average Bonchev–Trinajstić information content (AvgIpc) is 2.84. The Bertz CT molecular complexity index is 737. The number of hydrogen-bond donors (Lipinski definition) is 1. The van der Waals surface area contributed by atoms with E-state index in [1.54, 1.807) is 24.4 Å². The van der Waals surface area contributed by atoms with Crippen LogP contribution in [-0.4, -0.2) is 21.3 Å². The number of nitrogens with one attached hydrogen (secondary N) is 1. The van der Waals surface area contributed by atoms with Crippen LogP contribution in [0, 0.1) is 0 Å². The van der Waals surface area contributed by atoms with Crippen LogP contribution in [0.2, 0.25) is 10.0 Å². The predicted octanol–water partition coefficient (Wildman–Crippen LogP) is 3.85. The van der Waals surface area contributed by atoms with Crippen molar-refractivity contribution in [3.05, 3.63) is 58.2 Å². The summed E-state index contributed by atoms with van der Waals surface area (Å²) < 4.78 is 0. The summed E-state index contributed by atoms with van der Waals surface area (Å²) in [6.07, 6.45) is 2.22. The van der Waals surface area contributed by atoms with Gasteiger partial charge in [0.1, 0.15) is 0 Å². The Morgan fingerprint density at radius 2 is 2.09 bits per heavy atom. The largest absolute Gasteiger partial charge is 0.304 e. The normalized spacial score (nSPS) is 19.5. The third-order valence-electron chi connectivity index (χ3n) is 3.05. The number of carbonyl (C=O) groups is 1. The molecule has 1 aliphatic heterocycles. The molecule has 1 amide bonds. The number of carbonyl (C=O) groups excluding carboxylic acids is 1. The summed E-state index contributed by atoms with van der Waals surface area (Å²) in [4.78, 5) is 20.5. The molecule has 2 heterocycles. The maximum absolute atomic E-state index is 12.0. The van der Waals surface area contributed by atoms with E-state index < -0.39 is 0 Å². The van der Waals surface area contributed by atoms with Crippen molar-refractivity contribution >= 4 is 51.9 Å². The molecule has 1 atom stereocenters. The summed E-state index contributed by atoms with van der Waals surface area (Å²) in [7, 11) is 0. The van der Waals surface area contributed by atoms with Crippen molar-refractivity contribution in [2.75, 3.05) is 0 Å². The first-order valence-corrected chi connectivity index (χ1v) is 8.16. The Labute approximate surface area is 141 Å². The molecule has 1 fully saturated rings. The number of thioether (sulfide) groups is 1. The number of hydrogen-bond acceptors (Lipinski definition) is 4. The highest BCUT2D eigenvalue weighted by Crippen LogP contribution is 2.28. The smallest absolute Gasteiger partial charge is 0.239 e. The zero-order chi connectivity index (χ0) is 15.5. The van der Waals surface area contributed by atoms with Crippen molar-refractivity contribution in [2.45, 2.75) is 11.7 Å². The van der Waals surface area contributed by atoms with Crippen LogP contribution >= 0.6 is 35.0 Å². The first-order chi connectivity index (χ1) is 10.6. The summed E-state index contributed by atoms with van der Waals surface area (Å²) in [6.45, 7) is 0. The summed E-state index contributed by atoms with van der Waals surface area (Å²) in [5.41, 5.74) is 0.959. The zero-order valence-electron chi connectivity index (χ0n) is 11.3. The molecule has 0 unspecified atom stereocenters. The molecule has 1 N–H and O–H groups in total. The van der Waals surface area contributed by atoms with Crippen molar-refractivity contribution in [1.29, 1.82) is 0 Å². The minimum absolute atomic E-state index is 0.0641. The number of amidine groups is 1. The Morgan fingerprint density at radius 3 is 2.82 bits per heavy atom. The molecule has 7 heteroatoms. The van der Waals surface area contributed by atoms with Gasteiger partial charge in [0.15, 0.2) is 11.0 Å². The SMILES string of the molecule is O=C1NC(=Nc2ccccn2)S[C@@H]1Cc1ccc(Cl)c(Cl)c1. The first kappa shape index (κ1) is 15.3. The lowest BCUT2D eigenvalue weighted by Crippen LogP contribution is -2.25. The average molecular weight is 352 g/mol. The summed E-state index contributed by atoms with van der Waals surface area (Å²) in [5.74, 6) is 0.506. The molecule has 1 aromatic heterocycles. The standard InChI is InChI=1S/C15H11Cl2N3OS/c16-10-5-4-9(7-11(10)17)8-12-14(21)20-15(22-12)19-13-3-1-2-6-18-13/h1-7,12H,8H2,(H,18,19,20,21)/t12-/m1/s1. The van der Waals surface area contributed by atoms with Crippen molar-refractivity contribution < 1.29 is 4.79 Å². The van der Waals surface area contributed by atoms with Crippen LogP contribution in [0.3, 0.4) is 0 Å². The second kappa shape index (κ2) is 6.69. The lowest BCUT2D eigenvalue weighted by atomic mass is 10.1.